The van der Waals surface area contributed by atoms with Crippen LogP contribution in [-0.4, -0.2) is 24.2 Å². The number of nitrogens with one attached hydrogen (secondary N) is 1. The predicted octanol–water partition coefficient (Wildman–Crippen LogP) is 1.21. The topological polar surface area (TPSA) is 49.3 Å². The van der Waals surface area contributed by atoms with Gasteiger partial charge in [-0.2, -0.15) is 0 Å². The number of rotatable bonds is 4. The molecule has 0 aromatic heterocycles. The lowest BCUT2D eigenvalue weighted by Crippen LogP contribution is -2.35. The maximum Gasteiger partial charge on any atom is 0.321 e. The van der Waals surface area contributed by atoms with Crippen LogP contribution in [0.5, 0.6) is 0 Å². The van der Waals surface area contributed by atoms with Gasteiger partial charge in [0.2, 0.25) is 0 Å². The molecule has 1 rings (SSSR count). The van der Waals surface area contributed by atoms with Gasteiger partial charge in [-0.1, -0.05) is 24.3 Å². The molecule has 1 aromatic rings. The highest BCUT2D eigenvalue weighted by molar-refractivity contribution is 5.73. The van der Waals surface area contributed by atoms with Gasteiger partial charge in [0, 0.05) is 0 Å². The molecule has 0 aliphatic rings. The molecular weight excluding hydrogens is 178 g/mol. The highest BCUT2D eigenvalue weighted by Crippen LogP contribution is 2.09. The SMILES string of the molecule is CN[C@@H](Cc1ccccc1C)C(=O)O. The van der Waals surface area contributed by atoms with Gasteiger partial charge in [0.15, 0.2) is 0 Å². The van der Waals surface area contributed by atoms with Crippen molar-refractivity contribution >= 4 is 5.97 Å². The van der Waals surface area contributed by atoms with Crippen molar-refractivity contribution in [3.8, 4) is 0 Å². The molecule has 0 fully saturated rings. The fourth-order valence-electron chi connectivity index (χ4n) is 1.37. The van der Waals surface area contributed by atoms with Crippen molar-refractivity contribution in [3.05, 3.63) is 35.4 Å². The minimum absolute atomic E-state index is 0.504. The van der Waals surface area contributed by atoms with Crippen LogP contribution in [0.2, 0.25) is 0 Å². The quantitative estimate of drug-likeness (QED) is 0.755. The van der Waals surface area contributed by atoms with Crippen LogP contribution in [0, 0.1) is 6.92 Å². The number of aryl methyl sites for hydroxylation is 1. The summed E-state index contributed by atoms with van der Waals surface area (Å²) < 4.78 is 0. The van der Waals surface area contributed by atoms with Gasteiger partial charge in [-0.3, -0.25) is 4.79 Å². The van der Waals surface area contributed by atoms with Gasteiger partial charge in [-0.25, -0.2) is 0 Å². The highest BCUT2D eigenvalue weighted by Gasteiger charge is 2.15. The second-order valence-electron chi connectivity index (χ2n) is 3.31. The zero-order valence-corrected chi connectivity index (χ0v) is 8.45. The van der Waals surface area contributed by atoms with Crippen LogP contribution in [0.15, 0.2) is 24.3 Å². The van der Waals surface area contributed by atoms with Crippen molar-refractivity contribution in [3.63, 3.8) is 0 Å². The fraction of sp³-hybridized carbons (Fsp3) is 0.364. The van der Waals surface area contributed by atoms with Crippen LogP contribution in [-0.2, 0) is 11.2 Å². The lowest BCUT2D eigenvalue weighted by atomic mass is 10.0. The van der Waals surface area contributed by atoms with E-state index < -0.39 is 12.0 Å². The van der Waals surface area contributed by atoms with E-state index in [1.807, 2.05) is 31.2 Å². The highest BCUT2D eigenvalue weighted by atomic mass is 16.4. The molecule has 3 heteroatoms. The van der Waals surface area contributed by atoms with E-state index in [2.05, 4.69) is 5.32 Å². The maximum absolute atomic E-state index is 10.8. The Labute approximate surface area is 83.8 Å². The zero-order valence-electron chi connectivity index (χ0n) is 8.45. The first kappa shape index (κ1) is 10.7. The van der Waals surface area contributed by atoms with E-state index in [0.717, 1.165) is 11.1 Å². The number of carbonyl (C=O) groups is 1. The predicted molar refractivity (Wildman–Crippen MR) is 55.4 cm³/mol. The molecule has 0 amide bonds. The molecule has 1 aromatic carbocycles. The summed E-state index contributed by atoms with van der Waals surface area (Å²) in [5, 5.41) is 11.6. The average molecular weight is 193 g/mol. The van der Waals surface area contributed by atoms with Crippen LogP contribution in [0.3, 0.4) is 0 Å². The molecule has 2 N–H and O–H groups in total. The minimum Gasteiger partial charge on any atom is -0.480 e. The standard InChI is InChI=1S/C11H15NO2/c1-8-5-3-4-6-9(8)7-10(12-2)11(13)14/h3-6,10,12H,7H2,1-2H3,(H,13,14)/t10-/m0/s1. The summed E-state index contributed by atoms with van der Waals surface area (Å²) >= 11 is 0. The van der Waals surface area contributed by atoms with Crippen LogP contribution < -0.4 is 5.32 Å². The Morgan fingerprint density at radius 3 is 2.64 bits per heavy atom. The van der Waals surface area contributed by atoms with Gasteiger partial charge in [-0.05, 0) is 31.5 Å². The van der Waals surface area contributed by atoms with Crippen LogP contribution in [0.25, 0.3) is 0 Å². The second-order valence-corrected chi connectivity index (χ2v) is 3.31. The van der Waals surface area contributed by atoms with Gasteiger partial charge in [-0.15, -0.1) is 0 Å². The van der Waals surface area contributed by atoms with E-state index in [4.69, 9.17) is 5.11 Å². The van der Waals surface area contributed by atoms with Gasteiger partial charge >= 0.3 is 5.97 Å². The molecule has 3 nitrogen and oxygen atoms in total. The van der Waals surface area contributed by atoms with Crippen molar-refractivity contribution < 1.29 is 9.90 Å². The van der Waals surface area contributed by atoms with Crippen LogP contribution in [0.4, 0.5) is 0 Å². The van der Waals surface area contributed by atoms with E-state index in [1.165, 1.54) is 0 Å². The zero-order chi connectivity index (χ0) is 10.6. The Hall–Kier alpha value is -1.35. The molecule has 0 spiro atoms. The van der Waals surface area contributed by atoms with E-state index in [-0.39, 0.29) is 0 Å². The third-order valence-corrected chi connectivity index (χ3v) is 2.33. The largest absolute Gasteiger partial charge is 0.480 e. The molecule has 0 heterocycles. The third kappa shape index (κ3) is 2.57. The number of benzene rings is 1. The first-order chi connectivity index (χ1) is 6.65. The first-order valence-corrected chi connectivity index (χ1v) is 4.59. The summed E-state index contributed by atoms with van der Waals surface area (Å²) in [5.41, 5.74) is 2.21. The molecule has 0 saturated heterocycles. The van der Waals surface area contributed by atoms with E-state index in [1.54, 1.807) is 7.05 Å². The minimum atomic E-state index is -0.809. The number of hydrogen-bond acceptors (Lipinski definition) is 2. The van der Waals surface area contributed by atoms with Crippen LogP contribution >= 0.6 is 0 Å². The van der Waals surface area contributed by atoms with Gasteiger partial charge < -0.3 is 10.4 Å². The number of likely N-dealkylation sites (N-methyl/N-ethyl adjacent to an activating group) is 1. The summed E-state index contributed by atoms with van der Waals surface area (Å²) in [6.45, 7) is 1.99. The molecule has 14 heavy (non-hydrogen) atoms. The van der Waals surface area contributed by atoms with Crippen molar-refractivity contribution in [2.75, 3.05) is 7.05 Å². The summed E-state index contributed by atoms with van der Waals surface area (Å²) in [6.07, 6.45) is 0.526. The number of hydrogen-bond donors (Lipinski definition) is 2. The smallest absolute Gasteiger partial charge is 0.321 e. The first-order valence-electron chi connectivity index (χ1n) is 4.59. The molecule has 0 saturated carbocycles. The van der Waals surface area contributed by atoms with E-state index >= 15 is 0 Å². The number of carboxylic acid groups (broad SMARTS) is 1. The Bertz CT molecular complexity index is 323. The normalized spacial score (nSPS) is 12.4. The third-order valence-electron chi connectivity index (χ3n) is 2.33. The molecule has 0 aliphatic carbocycles. The fourth-order valence-corrected chi connectivity index (χ4v) is 1.37. The summed E-state index contributed by atoms with van der Waals surface area (Å²) in [7, 11) is 1.66. The summed E-state index contributed by atoms with van der Waals surface area (Å²) in [5.74, 6) is -0.809. The molecule has 0 unspecified atom stereocenters. The Morgan fingerprint density at radius 2 is 2.14 bits per heavy atom. The Kier molecular flexibility index (Phi) is 3.65. The van der Waals surface area contributed by atoms with E-state index in [0.29, 0.717) is 6.42 Å². The molecule has 0 bridgehead atoms. The molecule has 76 valence electrons. The number of carboxylic acids is 1. The molecule has 0 aliphatic heterocycles. The van der Waals surface area contributed by atoms with Gasteiger partial charge in [0.1, 0.15) is 6.04 Å². The molecule has 1 atom stereocenters. The summed E-state index contributed by atoms with van der Waals surface area (Å²) in [4.78, 5) is 10.8. The van der Waals surface area contributed by atoms with Gasteiger partial charge in [0.25, 0.3) is 0 Å². The molecular formula is C11H15NO2. The van der Waals surface area contributed by atoms with Crippen molar-refractivity contribution in [2.24, 2.45) is 0 Å². The Balaban J connectivity index is 2.77. The number of aliphatic carboxylic acids is 1. The Morgan fingerprint density at radius 1 is 1.50 bits per heavy atom. The van der Waals surface area contributed by atoms with Crippen molar-refractivity contribution in [1.82, 2.24) is 5.32 Å². The van der Waals surface area contributed by atoms with Crippen LogP contribution in [0.1, 0.15) is 11.1 Å². The lowest BCUT2D eigenvalue weighted by molar-refractivity contribution is -0.139. The second kappa shape index (κ2) is 4.77. The molecule has 0 radical (unpaired) electrons. The van der Waals surface area contributed by atoms with Crippen molar-refractivity contribution in [1.29, 1.82) is 0 Å². The van der Waals surface area contributed by atoms with Gasteiger partial charge in [0.05, 0.1) is 0 Å². The summed E-state index contributed by atoms with van der Waals surface area (Å²) in [6, 6.07) is 7.33. The van der Waals surface area contributed by atoms with E-state index in [9.17, 15) is 4.79 Å². The average Bonchev–Trinajstić information content (AvgIpc) is 2.16. The maximum atomic E-state index is 10.8. The monoisotopic (exact) mass is 193 g/mol. The lowest BCUT2D eigenvalue weighted by Gasteiger charge is -2.12. The van der Waals surface area contributed by atoms with Crippen molar-refractivity contribution in [2.45, 2.75) is 19.4 Å².